The lowest BCUT2D eigenvalue weighted by Crippen LogP contribution is -2.36. The summed E-state index contributed by atoms with van der Waals surface area (Å²) >= 11 is 0. The van der Waals surface area contributed by atoms with Crippen LogP contribution in [0.2, 0.25) is 0 Å². The number of halogens is 1. The number of aliphatic imine (C=N–C) groups is 1. The van der Waals surface area contributed by atoms with Crippen molar-refractivity contribution in [2.75, 3.05) is 25.0 Å². The summed E-state index contributed by atoms with van der Waals surface area (Å²) in [5.41, 5.74) is 2.22. The van der Waals surface area contributed by atoms with Crippen LogP contribution in [0.25, 0.3) is 0 Å². The maximum absolute atomic E-state index is 4.54. The van der Waals surface area contributed by atoms with Gasteiger partial charge in [-0.1, -0.05) is 6.07 Å². The average molecular weight is 457 g/mol. The molecule has 7 nitrogen and oxygen atoms in total. The molecule has 0 bridgehead atoms. The van der Waals surface area contributed by atoms with Gasteiger partial charge in [-0.25, -0.2) is 4.98 Å². The Morgan fingerprint density at radius 1 is 1.16 bits per heavy atom. The molecule has 0 spiro atoms. The lowest BCUT2D eigenvalue weighted by atomic mass is 10.2. The number of hydrogen-bond donors (Lipinski definition) is 2. The van der Waals surface area contributed by atoms with Crippen LogP contribution in [0.4, 0.5) is 5.82 Å². The molecule has 0 atom stereocenters. The summed E-state index contributed by atoms with van der Waals surface area (Å²) in [6.07, 6.45) is 3.70. The first kappa shape index (κ1) is 21.2. The van der Waals surface area contributed by atoms with Gasteiger partial charge in [-0.2, -0.15) is 5.10 Å². The Kier molecular flexibility index (Phi) is 9.25. The number of guanidine groups is 1. The molecule has 25 heavy (non-hydrogen) atoms. The predicted octanol–water partition coefficient (Wildman–Crippen LogP) is 2.14. The lowest BCUT2D eigenvalue weighted by Gasteiger charge is -2.19. The monoisotopic (exact) mass is 457 g/mol. The van der Waals surface area contributed by atoms with E-state index >= 15 is 0 Å². The van der Waals surface area contributed by atoms with E-state index in [2.05, 4.69) is 56.6 Å². The number of aryl methyl sites for hydroxylation is 1. The molecular formula is C17H28IN7. The highest BCUT2D eigenvalue weighted by molar-refractivity contribution is 14.0. The molecule has 0 aliphatic carbocycles. The maximum Gasteiger partial charge on any atom is 0.191 e. The number of nitrogens with zero attached hydrogens (tertiary/aromatic N) is 5. The Morgan fingerprint density at radius 2 is 1.88 bits per heavy atom. The van der Waals surface area contributed by atoms with Gasteiger partial charge in [0.1, 0.15) is 5.82 Å². The molecule has 0 radical (unpaired) electrons. The quantitative estimate of drug-likeness (QED) is 0.379. The van der Waals surface area contributed by atoms with E-state index in [0.29, 0.717) is 13.1 Å². The first-order valence-corrected chi connectivity index (χ1v) is 8.29. The van der Waals surface area contributed by atoms with Gasteiger partial charge in [0.2, 0.25) is 0 Å². The number of rotatable bonds is 7. The zero-order valence-corrected chi connectivity index (χ0v) is 17.7. The van der Waals surface area contributed by atoms with Crippen molar-refractivity contribution in [1.82, 2.24) is 25.4 Å². The molecule has 138 valence electrons. The maximum atomic E-state index is 4.54. The SMILES string of the molecule is CCN(CC)c1ccc(CNC(=NC)NCc2ccnn2C)cn1.I. The van der Waals surface area contributed by atoms with Crippen molar-refractivity contribution in [3.63, 3.8) is 0 Å². The average Bonchev–Trinajstić information content (AvgIpc) is 3.02. The lowest BCUT2D eigenvalue weighted by molar-refractivity contribution is 0.684. The van der Waals surface area contributed by atoms with Gasteiger partial charge in [-0.15, -0.1) is 24.0 Å². The van der Waals surface area contributed by atoms with Gasteiger partial charge >= 0.3 is 0 Å². The highest BCUT2D eigenvalue weighted by atomic mass is 127. The van der Waals surface area contributed by atoms with Gasteiger partial charge in [0.15, 0.2) is 5.96 Å². The highest BCUT2D eigenvalue weighted by Gasteiger charge is 2.04. The molecule has 0 aliphatic heterocycles. The van der Waals surface area contributed by atoms with Crippen LogP contribution in [0, 0.1) is 0 Å². The minimum Gasteiger partial charge on any atom is -0.357 e. The van der Waals surface area contributed by atoms with Crippen LogP contribution in [0.5, 0.6) is 0 Å². The van der Waals surface area contributed by atoms with Crippen LogP contribution < -0.4 is 15.5 Å². The smallest absolute Gasteiger partial charge is 0.191 e. The normalized spacial score (nSPS) is 11.0. The van der Waals surface area contributed by atoms with Crippen LogP contribution in [-0.2, 0) is 20.1 Å². The van der Waals surface area contributed by atoms with E-state index in [4.69, 9.17) is 0 Å². The molecule has 0 aromatic carbocycles. The third-order valence-corrected chi connectivity index (χ3v) is 3.94. The Balaban J connectivity index is 0.00000312. The van der Waals surface area contributed by atoms with E-state index in [1.165, 1.54) is 0 Å². The Bertz CT molecular complexity index is 647. The first-order chi connectivity index (χ1) is 11.7. The zero-order valence-electron chi connectivity index (χ0n) is 15.4. The van der Waals surface area contributed by atoms with Crippen molar-refractivity contribution in [2.24, 2.45) is 12.0 Å². The van der Waals surface area contributed by atoms with E-state index in [9.17, 15) is 0 Å². The van der Waals surface area contributed by atoms with Crippen molar-refractivity contribution in [1.29, 1.82) is 0 Å². The predicted molar refractivity (Wildman–Crippen MR) is 113 cm³/mol. The summed E-state index contributed by atoms with van der Waals surface area (Å²) in [4.78, 5) is 11.0. The Hall–Kier alpha value is -1.84. The van der Waals surface area contributed by atoms with E-state index < -0.39 is 0 Å². The molecule has 2 heterocycles. The Labute approximate surface area is 166 Å². The van der Waals surface area contributed by atoms with Crippen molar-refractivity contribution < 1.29 is 0 Å². The number of hydrogen-bond acceptors (Lipinski definition) is 4. The summed E-state index contributed by atoms with van der Waals surface area (Å²) in [7, 11) is 3.69. The standard InChI is InChI=1S/C17H27N7.HI/c1-5-24(6-2)16-8-7-14(11-19-16)12-20-17(18-3)21-13-15-9-10-22-23(15)4;/h7-11H,5-6,12-13H2,1-4H3,(H2,18,20,21);1H. The van der Waals surface area contributed by atoms with Gasteiger partial charge in [0.25, 0.3) is 0 Å². The summed E-state index contributed by atoms with van der Waals surface area (Å²) < 4.78 is 1.84. The van der Waals surface area contributed by atoms with Crippen molar-refractivity contribution in [3.8, 4) is 0 Å². The summed E-state index contributed by atoms with van der Waals surface area (Å²) in [5.74, 6) is 1.77. The number of pyridine rings is 1. The molecule has 2 rings (SSSR count). The first-order valence-electron chi connectivity index (χ1n) is 8.29. The van der Waals surface area contributed by atoms with Crippen LogP contribution >= 0.6 is 24.0 Å². The number of anilines is 1. The van der Waals surface area contributed by atoms with E-state index in [0.717, 1.165) is 36.1 Å². The fraction of sp³-hybridized carbons (Fsp3) is 0.471. The van der Waals surface area contributed by atoms with Crippen molar-refractivity contribution in [3.05, 3.63) is 41.9 Å². The van der Waals surface area contributed by atoms with Gasteiger partial charge in [0, 0.05) is 46.1 Å². The molecule has 2 aromatic heterocycles. The Morgan fingerprint density at radius 3 is 2.40 bits per heavy atom. The number of aromatic nitrogens is 3. The molecule has 0 unspecified atom stereocenters. The minimum atomic E-state index is 0. The molecule has 2 N–H and O–H groups in total. The molecule has 8 heteroatoms. The van der Waals surface area contributed by atoms with Crippen LogP contribution in [0.15, 0.2) is 35.6 Å². The number of nitrogens with one attached hydrogen (secondary N) is 2. The second kappa shape index (κ2) is 10.9. The van der Waals surface area contributed by atoms with E-state index in [1.807, 2.05) is 24.0 Å². The molecular weight excluding hydrogens is 429 g/mol. The molecule has 0 aliphatic rings. The second-order valence-corrected chi connectivity index (χ2v) is 5.42. The summed E-state index contributed by atoms with van der Waals surface area (Å²) in [6.45, 7) is 7.56. The van der Waals surface area contributed by atoms with Crippen LogP contribution in [0.3, 0.4) is 0 Å². The van der Waals surface area contributed by atoms with Gasteiger partial charge < -0.3 is 15.5 Å². The topological polar surface area (TPSA) is 70.4 Å². The van der Waals surface area contributed by atoms with Gasteiger partial charge in [0.05, 0.1) is 12.2 Å². The van der Waals surface area contributed by atoms with Gasteiger partial charge in [-0.3, -0.25) is 9.67 Å². The molecule has 0 saturated heterocycles. The third-order valence-electron chi connectivity index (χ3n) is 3.94. The van der Waals surface area contributed by atoms with Crippen molar-refractivity contribution >= 4 is 35.8 Å². The fourth-order valence-electron chi connectivity index (χ4n) is 2.41. The molecule has 0 amide bonds. The van der Waals surface area contributed by atoms with Crippen molar-refractivity contribution in [2.45, 2.75) is 26.9 Å². The molecule has 2 aromatic rings. The third kappa shape index (κ3) is 6.18. The minimum absolute atomic E-state index is 0. The highest BCUT2D eigenvalue weighted by Crippen LogP contribution is 2.10. The molecule has 0 saturated carbocycles. The van der Waals surface area contributed by atoms with E-state index in [1.54, 1.807) is 13.2 Å². The summed E-state index contributed by atoms with van der Waals surface area (Å²) in [5, 5.41) is 10.7. The van der Waals surface area contributed by atoms with E-state index in [-0.39, 0.29) is 24.0 Å². The largest absolute Gasteiger partial charge is 0.357 e. The van der Waals surface area contributed by atoms with Crippen LogP contribution in [0.1, 0.15) is 25.1 Å². The zero-order chi connectivity index (χ0) is 17.4. The van der Waals surface area contributed by atoms with Crippen LogP contribution in [-0.4, -0.2) is 40.9 Å². The fourth-order valence-corrected chi connectivity index (χ4v) is 2.41. The molecule has 0 fully saturated rings. The van der Waals surface area contributed by atoms with Gasteiger partial charge in [-0.05, 0) is 31.5 Å². The second-order valence-electron chi connectivity index (χ2n) is 5.42. The summed E-state index contributed by atoms with van der Waals surface area (Å²) in [6, 6.07) is 6.15.